The molecule has 0 aliphatic carbocycles. The van der Waals surface area contributed by atoms with Crippen LogP contribution < -0.4 is 15.4 Å². The summed E-state index contributed by atoms with van der Waals surface area (Å²) in [6.07, 6.45) is 3.37. The maximum Gasteiger partial charge on any atom is 0.319 e. The van der Waals surface area contributed by atoms with Crippen LogP contribution >= 0.6 is 0 Å². The second-order valence-corrected chi connectivity index (χ2v) is 6.79. The topological polar surface area (TPSA) is 53.6 Å². The van der Waals surface area contributed by atoms with Crippen molar-refractivity contribution in [2.75, 3.05) is 25.5 Å². The molecule has 0 radical (unpaired) electrons. The monoisotopic (exact) mass is 399 g/mol. The number of carbonyl (C=O) groups is 1. The van der Waals surface area contributed by atoms with Crippen molar-refractivity contribution >= 4 is 11.7 Å². The largest absolute Gasteiger partial charge is 0.497 e. The number of rotatable bonds is 7. The maximum atomic E-state index is 12.1. The van der Waals surface area contributed by atoms with Gasteiger partial charge in [0.25, 0.3) is 0 Å². The van der Waals surface area contributed by atoms with Crippen LogP contribution in [0, 0.1) is 0 Å². The van der Waals surface area contributed by atoms with Crippen LogP contribution in [0.15, 0.2) is 60.8 Å². The molecule has 0 bridgehead atoms. The van der Waals surface area contributed by atoms with Crippen LogP contribution in [0.4, 0.5) is 10.5 Å². The van der Waals surface area contributed by atoms with Gasteiger partial charge in [-0.05, 0) is 48.2 Å². The molecule has 1 aliphatic rings. The van der Waals surface area contributed by atoms with Crippen LogP contribution in [0.3, 0.4) is 0 Å². The summed E-state index contributed by atoms with van der Waals surface area (Å²) in [5, 5.41) is 5.72. The van der Waals surface area contributed by atoms with Gasteiger partial charge in [0.15, 0.2) is 0 Å². The normalized spacial score (nSPS) is 12.6. The molecule has 0 unspecified atom stereocenters. The Morgan fingerprint density at radius 3 is 2.21 bits per heavy atom. The fraction of sp³-hybridized carbons (Fsp3) is 0.375. The summed E-state index contributed by atoms with van der Waals surface area (Å²) in [4.78, 5) is 14.4. The number of carbonyl (C=O) groups excluding carboxylic acids is 1. The van der Waals surface area contributed by atoms with Gasteiger partial charge in [-0.1, -0.05) is 44.7 Å². The highest BCUT2D eigenvalue weighted by Crippen LogP contribution is 2.18. The third kappa shape index (κ3) is 7.18. The molecule has 160 valence electrons. The van der Waals surface area contributed by atoms with E-state index in [4.69, 9.17) is 4.74 Å². The SMILES string of the molecule is C=C(Cc1ccc(NC(=O)NCc2ccc(OC)cc2)cc1)N1CCCC1.CC.[HH].[HH]. The number of likely N-dealkylation sites (tertiary alicyclic amines) is 1. The number of anilines is 1. The lowest BCUT2D eigenvalue weighted by Gasteiger charge is -2.20. The summed E-state index contributed by atoms with van der Waals surface area (Å²) in [6, 6.07) is 15.3. The van der Waals surface area contributed by atoms with Crippen molar-refractivity contribution in [3.63, 3.8) is 0 Å². The van der Waals surface area contributed by atoms with Crippen LogP contribution in [0.25, 0.3) is 0 Å². The number of allylic oxidation sites excluding steroid dienone is 1. The molecule has 0 spiro atoms. The van der Waals surface area contributed by atoms with Crippen molar-refractivity contribution in [3.8, 4) is 5.75 Å². The standard InChI is InChI=1S/C22H27N3O2.C2H6.2H2/c1-17(25-13-3-4-14-25)15-18-5-9-20(10-6-18)24-22(26)23-16-19-7-11-21(27-2)12-8-19;1-2;;/h5-12H,1,3-4,13-16H2,2H3,(H2,23,24,26);1-2H3;2*1H. The van der Waals surface area contributed by atoms with Crippen LogP contribution in [-0.4, -0.2) is 31.1 Å². The minimum Gasteiger partial charge on any atom is -0.497 e. The van der Waals surface area contributed by atoms with E-state index in [0.29, 0.717) is 6.54 Å². The zero-order valence-electron chi connectivity index (χ0n) is 17.8. The average Bonchev–Trinajstić information content (AvgIpc) is 3.31. The second kappa shape index (κ2) is 11.8. The molecule has 0 aromatic heterocycles. The molecular weight excluding hydrogens is 362 g/mol. The highest BCUT2D eigenvalue weighted by molar-refractivity contribution is 5.89. The van der Waals surface area contributed by atoms with Gasteiger partial charge in [0.2, 0.25) is 0 Å². The summed E-state index contributed by atoms with van der Waals surface area (Å²) < 4.78 is 5.13. The zero-order valence-corrected chi connectivity index (χ0v) is 17.8. The van der Waals surface area contributed by atoms with Gasteiger partial charge in [0.05, 0.1) is 7.11 Å². The highest BCUT2D eigenvalue weighted by Gasteiger charge is 2.13. The van der Waals surface area contributed by atoms with Crippen LogP contribution in [-0.2, 0) is 13.0 Å². The molecule has 2 aromatic rings. The summed E-state index contributed by atoms with van der Waals surface area (Å²) in [5.41, 5.74) is 4.17. The first-order chi connectivity index (χ1) is 14.1. The maximum absolute atomic E-state index is 12.1. The first kappa shape index (κ1) is 22.3. The van der Waals surface area contributed by atoms with Crippen molar-refractivity contribution in [2.24, 2.45) is 0 Å². The van der Waals surface area contributed by atoms with Gasteiger partial charge in [-0.15, -0.1) is 0 Å². The quantitative estimate of drug-likeness (QED) is 0.629. The molecule has 1 fully saturated rings. The zero-order chi connectivity index (χ0) is 21.1. The molecule has 2 N–H and O–H groups in total. The number of urea groups is 1. The molecule has 1 aliphatic heterocycles. The van der Waals surface area contributed by atoms with Gasteiger partial charge in [-0.25, -0.2) is 4.79 Å². The lowest BCUT2D eigenvalue weighted by molar-refractivity contribution is 0.251. The molecular formula is C24H37N3O2. The Hall–Kier alpha value is -2.95. The van der Waals surface area contributed by atoms with Crippen molar-refractivity contribution < 1.29 is 12.4 Å². The van der Waals surface area contributed by atoms with E-state index < -0.39 is 0 Å². The summed E-state index contributed by atoms with van der Waals surface area (Å²) >= 11 is 0. The number of benzene rings is 2. The summed E-state index contributed by atoms with van der Waals surface area (Å²) in [7, 11) is 1.63. The van der Waals surface area contributed by atoms with Gasteiger partial charge in [-0.3, -0.25) is 0 Å². The Morgan fingerprint density at radius 2 is 1.62 bits per heavy atom. The molecule has 2 amide bonds. The Morgan fingerprint density at radius 1 is 1.03 bits per heavy atom. The van der Waals surface area contributed by atoms with Crippen LogP contribution in [0.2, 0.25) is 0 Å². The van der Waals surface area contributed by atoms with Crippen LogP contribution in [0.5, 0.6) is 5.75 Å². The molecule has 1 heterocycles. The van der Waals surface area contributed by atoms with E-state index in [-0.39, 0.29) is 8.88 Å². The molecule has 5 heteroatoms. The fourth-order valence-corrected chi connectivity index (χ4v) is 3.19. The van der Waals surface area contributed by atoms with Gasteiger partial charge >= 0.3 is 6.03 Å². The first-order valence-electron chi connectivity index (χ1n) is 10.3. The van der Waals surface area contributed by atoms with E-state index in [9.17, 15) is 4.79 Å². The minimum absolute atomic E-state index is 0. The Kier molecular flexibility index (Phi) is 9.09. The number of nitrogens with zero attached hydrogens (tertiary/aromatic N) is 1. The number of ether oxygens (including phenoxy) is 1. The Bertz CT molecular complexity index is 774. The molecule has 29 heavy (non-hydrogen) atoms. The number of nitrogens with one attached hydrogen (secondary N) is 2. The summed E-state index contributed by atoms with van der Waals surface area (Å²) in [6.45, 7) is 10.9. The lowest BCUT2D eigenvalue weighted by Crippen LogP contribution is -2.28. The fourth-order valence-electron chi connectivity index (χ4n) is 3.19. The third-order valence-electron chi connectivity index (χ3n) is 4.79. The Labute approximate surface area is 177 Å². The van der Waals surface area contributed by atoms with Gasteiger partial charge in [-0.2, -0.15) is 0 Å². The highest BCUT2D eigenvalue weighted by atomic mass is 16.5. The number of hydrogen-bond donors (Lipinski definition) is 2. The van der Waals surface area contributed by atoms with E-state index in [1.807, 2.05) is 62.4 Å². The minimum atomic E-state index is -0.222. The Balaban J connectivity index is 0.00000219. The number of hydrogen-bond acceptors (Lipinski definition) is 3. The van der Waals surface area contributed by atoms with Crippen LogP contribution in [0.1, 0.15) is 40.7 Å². The number of methoxy groups -OCH3 is 1. The predicted octanol–water partition coefficient (Wildman–Crippen LogP) is 5.69. The summed E-state index contributed by atoms with van der Waals surface area (Å²) in [5.74, 6) is 0.802. The first-order valence-corrected chi connectivity index (χ1v) is 10.3. The van der Waals surface area contributed by atoms with Crippen molar-refractivity contribution in [1.29, 1.82) is 0 Å². The third-order valence-corrected chi connectivity index (χ3v) is 4.79. The van der Waals surface area contributed by atoms with Crippen molar-refractivity contribution in [2.45, 2.75) is 39.7 Å². The van der Waals surface area contributed by atoms with Crippen molar-refractivity contribution in [3.05, 3.63) is 71.9 Å². The van der Waals surface area contributed by atoms with E-state index in [0.717, 1.165) is 36.5 Å². The molecule has 0 saturated carbocycles. The molecule has 3 rings (SSSR count). The average molecular weight is 400 g/mol. The smallest absolute Gasteiger partial charge is 0.319 e. The predicted molar refractivity (Wildman–Crippen MR) is 125 cm³/mol. The molecule has 1 saturated heterocycles. The van der Waals surface area contributed by atoms with Crippen molar-refractivity contribution in [1.82, 2.24) is 10.2 Å². The molecule has 2 aromatic carbocycles. The van der Waals surface area contributed by atoms with Gasteiger partial charge in [0, 0.05) is 40.3 Å². The molecule has 0 atom stereocenters. The van der Waals surface area contributed by atoms with E-state index in [1.165, 1.54) is 24.1 Å². The van der Waals surface area contributed by atoms with E-state index in [1.54, 1.807) is 7.11 Å². The second-order valence-electron chi connectivity index (χ2n) is 6.79. The van der Waals surface area contributed by atoms with E-state index >= 15 is 0 Å². The van der Waals surface area contributed by atoms with Gasteiger partial charge < -0.3 is 20.3 Å². The van der Waals surface area contributed by atoms with Gasteiger partial charge in [0.1, 0.15) is 5.75 Å². The lowest BCUT2D eigenvalue weighted by atomic mass is 10.1. The van der Waals surface area contributed by atoms with E-state index in [2.05, 4.69) is 22.1 Å². The number of amides is 2. The molecule has 5 nitrogen and oxygen atoms in total.